The second-order valence-electron chi connectivity index (χ2n) is 5.97. The fourth-order valence-corrected chi connectivity index (χ4v) is 3.57. The Morgan fingerprint density at radius 1 is 1.14 bits per heavy atom. The summed E-state index contributed by atoms with van der Waals surface area (Å²) in [6.07, 6.45) is 2.13. The molecule has 0 bridgehead atoms. The SMILES string of the molecule is CNc1ccc2c(c1)-c1c(ccn1CC(C)N)C2(NC)NC. The van der Waals surface area contributed by atoms with Crippen molar-refractivity contribution in [3.05, 3.63) is 41.6 Å². The van der Waals surface area contributed by atoms with Crippen LogP contribution in [0.15, 0.2) is 30.5 Å². The normalized spacial score (nSPS) is 16.2. The summed E-state index contributed by atoms with van der Waals surface area (Å²) in [6, 6.07) is 8.81. The van der Waals surface area contributed by atoms with E-state index in [-0.39, 0.29) is 11.7 Å². The number of fused-ring (bicyclic) bond motifs is 3. The maximum Gasteiger partial charge on any atom is 0.124 e. The Morgan fingerprint density at radius 2 is 1.86 bits per heavy atom. The van der Waals surface area contributed by atoms with E-state index in [0.29, 0.717) is 0 Å². The van der Waals surface area contributed by atoms with Gasteiger partial charge in [-0.1, -0.05) is 6.07 Å². The zero-order valence-electron chi connectivity index (χ0n) is 13.7. The molecule has 22 heavy (non-hydrogen) atoms. The van der Waals surface area contributed by atoms with Crippen molar-refractivity contribution < 1.29 is 0 Å². The largest absolute Gasteiger partial charge is 0.388 e. The van der Waals surface area contributed by atoms with Crippen molar-refractivity contribution in [1.29, 1.82) is 0 Å². The lowest BCUT2D eigenvalue weighted by Gasteiger charge is -2.30. The lowest BCUT2D eigenvalue weighted by molar-refractivity contribution is 0.383. The second kappa shape index (κ2) is 5.43. The highest BCUT2D eigenvalue weighted by atomic mass is 15.2. The Balaban J connectivity index is 2.26. The van der Waals surface area contributed by atoms with E-state index in [9.17, 15) is 0 Å². The van der Waals surface area contributed by atoms with Gasteiger partial charge in [-0.25, -0.2) is 0 Å². The highest BCUT2D eigenvalue weighted by Gasteiger charge is 2.43. The summed E-state index contributed by atoms with van der Waals surface area (Å²) in [6.45, 7) is 2.84. The predicted octanol–water partition coefficient (Wildman–Crippen LogP) is 1.50. The molecule has 1 heterocycles. The maximum absolute atomic E-state index is 6.02. The van der Waals surface area contributed by atoms with Gasteiger partial charge in [-0.3, -0.25) is 10.6 Å². The van der Waals surface area contributed by atoms with Crippen molar-refractivity contribution in [1.82, 2.24) is 15.2 Å². The molecule has 1 aromatic carbocycles. The lowest BCUT2D eigenvalue weighted by atomic mass is 9.97. The minimum Gasteiger partial charge on any atom is -0.388 e. The molecule has 1 atom stereocenters. The number of rotatable bonds is 5. The molecule has 5 N–H and O–H groups in total. The van der Waals surface area contributed by atoms with Crippen LogP contribution in [-0.4, -0.2) is 31.8 Å². The number of benzene rings is 1. The third kappa shape index (κ3) is 1.97. The van der Waals surface area contributed by atoms with Gasteiger partial charge in [-0.15, -0.1) is 0 Å². The molecule has 5 heteroatoms. The van der Waals surface area contributed by atoms with Gasteiger partial charge in [-0.2, -0.15) is 0 Å². The molecule has 1 unspecified atom stereocenters. The summed E-state index contributed by atoms with van der Waals surface area (Å²) in [5, 5.41) is 10.2. The Morgan fingerprint density at radius 3 is 2.45 bits per heavy atom. The smallest absolute Gasteiger partial charge is 0.124 e. The summed E-state index contributed by atoms with van der Waals surface area (Å²) < 4.78 is 2.26. The first-order valence-electron chi connectivity index (χ1n) is 7.73. The molecule has 3 rings (SSSR count). The fraction of sp³-hybridized carbons (Fsp3) is 0.412. The summed E-state index contributed by atoms with van der Waals surface area (Å²) in [7, 11) is 5.93. The van der Waals surface area contributed by atoms with E-state index in [2.05, 4.69) is 51.0 Å². The fourth-order valence-electron chi connectivity index (χ4n) is 3.57. The van der Waals surface area contributed by atoms with Gasteiger partial charge in [0.1, 0.15) is 5.66 Å². The molecule has 0 saturated carbocycles. The van der Waals surface area contributed by atoms with Crippen LogP contribution < -0.4 is 21.7 Å². The molecule has 2 aromatic rings. The van der Waals surface area contributed by atoms with E-state index in [0.717, 1.165) is 12.2 Å². The van der Waals surface area contributed by atoms with Crippen molar-refractivity contribution in [3.63, 3.8) is 0 Å². The number of nitrogens with one attached hydrogen (secondary N) is 3. The number of nitrogens with zero attached hydrogens (tertiary/aromatic N) is 1. The van der Waals surface area contributed by atoms with Gasteiger partial charge in [-0.05, 0) is 39.2 Å². The Labute approximate surface area is 131 Å². The Kier molecular flexibility index (Phi) is 3.72. The van der Waals surface area contributed by atoms with Crippen LogP contribution in [0.2, 0.25) is 0 Å². The number of nitrogens with two attached hydrogens (primary N) is 1. The Hall–Kier alpha value is -1.82. The van der Waals surface area contributed by atoms with Crippen LogP contribution in [0.1, 0.15) is 18.1 Å². The van der Waals surface area contributed by atoms with Crippen molar-refractivity contribution in [2.75, 3.05) is 26.5 Å². The van der Waals surface area contributed by atoms with Gasteiger partial charge in [0.15, 0.2) is 0 Å². The molecule has 0 spiro atoms. The summed E-state index contributed by atoms with van der Waals surface area (Å²) in [5.74, 6) is 0. The molecule has 5 nitrogen and oxygen atoms in total. The number of hydrogen-bond acceptors (Lipinski definition) is 4. The molecule has 118 valence electrons. The van der Waals surface area contributed by atoms with E-state index in [1.54, 1.807) is 0 Å². The molecule has 0 radical (unpaired) electrons. The number of aromatic nitrogens is 1. The summed E-state index contributed by atoms with van der Waals surface area (Å²) in [4.78, 5) is 0. The molecule has 0 aliphatic heterocycles. The van der Waals surface area contributed by atoms with Gasteiger partial charge in [0.05, 0.1) is 5.69 Å². The number of anilines is 1. The van der Waals surface area contributed by atoms with Gasteiger partial charge < -0.3 is 15.6 Å². The lowest BCUT2D eigenvalue weighted by Crippen LogP contribution is -2.50. The molecule has 1 aliphatic carbocycles. The van der Waals surface area contributed by atoms with Crippen molar-refractivity contribution in [2.24, 2.45) is 5.73 Å². The van der Waals surface area contributed by atoms with E-state index in [1.807, 2.05) is 28.1 Å². The number of hydrogen-bond donors (Lipinski definition) is 4. The van der Waals surface area contributed by atoms with Crippen molar-refractivity contribution >= 4 is 5.69 Å². The highest BCUT2D eigenvalue weighted by Crippen LogP contribution is 2.47. The summed E-state index contributed by atoms with van der Waals surface area (Å²) in [5.41, 5.74) is 11.8. The first-order valence-corrected chi connectivity index (χ1v) is 7.73. The highest BCUT2D eigenvalue weighted by molar-refractivity contribution is 5.81. The molecule has 1 aliphatic rings. The van der Waals surface area contributed by atoms with Gasteiger partial charge in [0, 0.05) is 48.2 Å². The molecular weight excluding hydrogens is 274 g/mol. The molecular formula is C17H25N5. The average Bonchev–Trinajstić information content (AvgIpc) is 3.04. The van der Waals surface area contributed by atoms with E-state index in [1.165, 1.54) is 22.4 Å². The maximum atomic E-state index is 6.02. The zero-order valence-corrected chi connectivity index (χ0v) is 13.7. The van der Waals surface area contributed by atoms with Crippen LogP contribution in [-0.2, 0) is 12.2 Å². The molecule has 0 amide bonds. The standard InChI is InChI=1S/C17H25N5/c1-11(18)10-22-8-7-15-16(22)13-9-12(19-2)5-6-14(13)17(15,20-3)21-4/h5-9,11,19-21H,10,18H2,1-4H3. The van der Waals surface area contributed by atoms with Crippen LogP contribution >= 0.6 is 0 Å². The third-order valence-electron chi connectivity index (χ3n) is 4.57. The van der Waals surface area contributed by atoms with Crippen LogP contribution in [0.4, 0.5) is 5.69 Å². The first kappa shape index (κ1) is 15.1. The molecule has 1 aromatic heterocycles. The average molecular weight is 299 g/mol. The topological polar surface area (TPSA) is 67.0 Å². The molecule has 0 saturated heterocycles. The first-order chi connectivity index (χ1) is 10.6. The van der Waals surface area contributed by atoms with Gasteiger partial charge in [0.2, 0.25) is 0 Å². The van der Waals surface area contributed by atoms with Gasteiger partial charge in [0.25, 0.3) is 0 Å². The van der Waals surface area contributed by atoms with Crippen molar-refractivity contribution in [3.8, 4) is 11.3 Å². The zero-order chi connectivity index (χ0) is 15.9. The third-order valence-corrected chi connectivity index (χ3v) is 4.57. The van der Waals surface area contributed by atoms with E-state index in [4.69, 9.17) is 5.73 Å². The van der Waals surface area contributed by atoms with Crippen LogP contribution in [0.5, 0.6) is 0 Å². The quantitative estimate of drug-likeness (QED) is 0.632. The molecule has 0 fully saturated rings. The minimum absolute atomic E-state index is 0.117. The van der Waals surface area contributed by atoms with E-state index >= 15 is 0 Å². The predicted molar refractivity (Wildman–Crippen MR) is 92.0 cm³/mol. The second-order valence-corrected chi connectivity index (χ2v) is 5.97. The van der Waals surface area contributed by atoms with Crippen LogP contribution in [0.25, 0.3) is 11.3 Å². The Bertz CT molecular complexity index is 682. The summed E-state index contributed by atoms with van der Waals surface area (Å²) >= 11 is 0. The van der Waals surface area contributed by atoms with E-state index < -0.39 is 0 Å². The monoisotopic (exact) mass is 299 g/mol. The van der Waals surface area contributed by atoms with Crippen LogP contribution in [0.3, 0.4) is 0 Å². The van der Waals surface area contributed by atoms with Crippen molar-refractivity contribution in [2.45, 2.75) is 25.2 Å². The minimum atomic E-state index is -0.347. The van der Waals surface area contributed by atoms with Crippen LogP contribution in [0, 0.1) is 0 Å². The van der Waals surface area contributed by atoms with Gasteiger partial charge >= 0.3 is 0 Å².